The molecule has 96 valence electrons. The molecule has 1 N–H and O–H groups in total. The van der Waals surface area contributed by atoms with Crippen LogP contribution in [0.5, 0.6) is 0 Å². The van der Waals surface area contributed by atoms with Crippen LogP contribution in [-0.2, 0) is 6.18 Å². The van der Waals surface area contributed by atoms with Crippen molar-refractivity contribution < 1.29 is 18.3 Å². The van der Waals surface area contributed by atoms with Crippen LogP contribution in [0.2, 0.25) is 0 Å². The van der Waals surface area contributed by atoms with Gasteiger partial charge in [-0.05, 0) is 30.7 Å². The molecule has 0 saturated heterocycles. The van der Waals surface area contributed by atoms with E-state index in [0.717, 1.165) is 10.9 Å². The molecule has 0 spiro atoms. The van der Waals surface area contributed by atoms with Gasteiger partial charge in [-0.1, -0.05) is 18.2 Å². The van der Waals surface area contributed by atoms with Crippen molar-refractivity contribution in [3.8, 4) is 0 Å². The number of thiophene rings is 1. The maximum absolute atomic E-state index is 12.8. The molecule has 0 amide bonds. The normalized spacial score (nSPS) is 13.6. The van der Waals surface area contributed by atoms with Crippen LogP contribution < -0.4 is 0 Å². The van der Waals surface area contributed by atoms with Crippen molar-refractivity contribution in [3.63, 3.8) is 0 Å². The van der Waals surface area contributed by atoms with Gasteiger partial charge in [-0.2, -0.15) is 13.2 Å². The molecule has 1 aromatic carbocycles. The highest BCUT2D eigenvalue weighted by Crippen LogP contribution is 2.37. The van der Waals surface area contributed by atoms with Gasteiger partial charge >= 0.3 is 6.18 Å². The van der Waals surface area contributed by atoms with Gasteiger partial charge in [0.15, 0.2) is 0 Å². The highest BCUT2D eigenvalue weighted by Gasteiger charge is 2.35. The van der Waals surface area contributed by atoms with Crippen molar-refractivity contribution in [2.45, 2.75) is 19.2 Å². The van der Waals surface area contributed by atoms with Crippen LogP contribution in [0, 0.1) is 6.92 Å². The topological polar surface area (TPSA) is 20.2 Å². The lowest BCUT2D eigenvalue weighted by Crippen LogP contribution is -2.11. The van der Waals surface area contributed by atoms with Gasteiger partial charge in [-0.3, -0.25) is 0 Å². The monoisotopic (exact) mass is 272 g/mol. The molecule has 18 heavy (non-hydrogen) atoms. The number of aliphatic hydroxyl groups is 1. The van der Waals surface area contributed by atoms with Crippen LogP contribution in [0.4, 0.5) is 13.2 Å². The molecule has 1 heterocycles. The van der Waals surface area contributed by atoms with Crippen LogP contribution in [0.15, 0.2) is 36.4 Å². The summed E-state index contributed by atoms with van der Waals surface area (Å²) < 4.78 is 38.5. The molecule has 0 bridgehead atoms. The first-order chi connectivity index (χ1) is 8.39. The molecule has 5 heteroatoms. The first-order valence-electron chi connectivity index (χ1n) is 5.30. The maximum Gasteiger partial charge on any atom is 0.416 e. The molecule has 0 aliphatic heterocycles. The molecule has 0 aliphatic rings. The number of alkyl halides is 3. The fraction of sp³-hybridized carbons (Fsp3) is 0.231. The molecule has 0 saturated carbocycles. The Morgan fingerprint density at radius 2 is 1.78 bits per heavy atom. The minimum Gasteiger partial charge on any atom is -0.383 e. The highest BCUT2D eigenvalue weighted by atomic mass is 32.1. The largest absolute Gasteiger partial charge is 0.416 e. The fourth-order valence-electron chi connectivity index (χ4n) is 1.75. The van der Waals surface area contributed by atoms with E-state index in [4.69, 9.17) is 0 Å². The molecule has 2 rings (SSSR count). The summed E-state index contributed by atoms with van der Waals surface area (Å²) in [4.78, 5) is 1.47. The van der Waals surface area contributed by atoms with Crippen molar-refractivity contribution >= 4 is 11.3 Å². The number of benzene rings is 1. The third kappa shape index (κ3) is 2.57. The lowest BCUT2D eigenvalue weighted by molar-refractivity contribution is -0.138. The molecule has 1 nitrogen and oxygen atoms in total. The summed E-state index contributed by atoms with van der Waals surface area (Å²) in [7, 11) is 0. The van der Waals surface area contributed by atoms with Crippen molar-refractivity contribution in [2.75, 3.05) is 0 Å². The highest BCUT2D eigenvalue weighted by molar-refractivity contribution is 7.12. The van der Waals surface area contributed by atoms with E-state index in [1.165, 1.54) is 29.5 Å². The molecule has 1 aromatic heterocycles. The average Bonchev–Trinajstić information content (AvgIpc) is 2.74. The van der Waals surface area contributed by atoms with E-state index in [1.807, 2.05) is 6.92 Å². The summed E-state index contributed by atoms with van der Waals surface area (Å²) >= 11 is 1.29. The predicted octanol–water partition coefficient (Wildman–Crippen LogP) is 4.16. The summed E-state index contributed by atoms with van der Waals surface area (Å²) in [5.41, 5.74) is -0.893. The molecule has 0 fully saturated rings. The molecule has 1 unspecified atom stereocenters. The first kappa shape index (κ1) is 13.1. The van der Waals surface area contributed by atoms with E-state index in [-0.39, 0.29) is 5.56 Å². The molecule has 0 aliphatic carbocycles. The predicted molar refractivity (Wildman–Crippen MR) is 64.6 cm³/mol. The Morgan fingerprint density at radius 3 is 2.33 bits per heavy atom. The van der Waals surface area contributed by atoms with Crippen LogP contribution in [0.1, 0.15) is 27.0 Å². The minimum atomic E-state index is -4.45. The van der Waals surface area contributed by atoms with Gasteiger partial charge in [0.25, 0.3) is 0 Å². The van der Waals surface area contributed by atoms with Crippen molar-refractivity contribution in [1.29, 1.82) is 0 Å². The molecule has 0 radical (unpaired) electrons. The summed E-state index contributed by atoms with van der Waals surface area (Å²) in [5, 5.41) is 10.1. The Balaban J connectivity index is 2.45. The lowest BCUT2D eigenvalue weighted by atomic mass is 10.0. The Labute approximate surface area is 107 Å². The van der Waals surface area contributed by atoms with Crippen LogP contribution in [0.25, 0.3) is 0 Å². The van der Waals surface area contributed by atoms with Gasteiger partial charge in [0.2, 0.25) is 0 Å². The number of hydrogen-bond donors (Lipinski definition) is 1. The summed E-state index contributed by atoms with van der Waals surface area (Å²) in [6.45, 7) is 1.84. The van der Waals surface area contributed by atoms with Crippen molar-refractivity contribution in [1.82, 2.24) is 0 Å². The van der Waals surface area contributed by atoms with Crippen LogP contribution in [0.3, 0.4) is 0 Å². The van der Waals surface area contributed by atoms with Gasteiger partial charge in [-0.15, -0.1) is 11.3 Å². The molecule has 1 atom stereocenters. The van der Waals surface area contributed by atoms with E-state index in [2.05, 4.69) is 0 Å². The summed E-state index contributed by atoms with van der Waals surface area (Å²) in [6.07, 6.45) is -5.69. The van der Waals surface area contributed by atoms with E-state index >= 15 is 0 Å². The van der Waals surface area contributed by atoms with Gasteiger partial charge in [0, 0.05) is 9.75 Å². The Hall–Kier alpha value is -1.33. The second-order valence-electron chi connectivity index (χ2n) is 3.94. The smallest absolute Gasteiger partial charge is 0.383 e. The van der Waals surface area contributed by atoms with Gasteiger partial charge in [0.1, 0.15) is 6.10 Å². The first-order valence-corrected chi connectivity index (χ1v) is 6.12. The summed E-state index contributed by atoms with van der Waals surface area (Å²) in [5.74, 6) is 0. The SMILES string of the molecule is Cc1ccc(C(O)c2ccccc2C(F)(F)F)s1. The molecule has 2 aromatic rings. The zero-order valence-electron chi connectivity index (χ0n) is 9.53. The van der Waals surface area contributed by atoms with Crippen LogP contribution in [-0.4, -0.2) is 5.11 Å². The van der Waals surface area contributed by atoms with Gasteiger partial charge in [-0.25, -0.2) is 0 Å². The Bertz CT molecular complexity index is 545. The maximum atomic E-state index is 12.8. The molecular weight excluding hydrogens is 261 g/mol. The number of hydrogen-bond acceptors (Lipinski definition) is 2. The van der Waals surface area contributed by atoms with Gasteiger partial charge < -0.3 is 5.11 Å². The number of halogens is 3. The van der Waals surface area contributed by atoms with E-state index in [9.17, 15) is 18.3 Å². The van der Waals surface area contributed by atoms with Gasteiger partial charge in [0.05, 0.1) is 5.56 Å². The minimum absolute atomic E-state index is 0.105. The number of rotatable bonds is 2. The molecular formula is C13H11F3OS. The standard InChI is InChI=1S/C13H11F3OS/c1-8-6-7-11(18-8)12(17)9-4-2-3-5-10(9)13(14,15)16/h2-7,12,17H,1H3. The summed E-state index contributed by atoms with van der Waals surface area (Å²) in [6, 6.07) is 8.53. The second kappa shape index (κ2) is 4.74. The van der Waals surface area contributed by atoms with Crippen molar-refractivity contribution in [2.24, 2.45) is 0 Å². The number of aliphatic hydroxyl groups excluding tert-OH is 1. The third-order valence-corrected chi connectivity index (χ3v) is 3.64. The fourth-order valence-corrected chi connectivity index (χ4v) is 2.63. The number of aryl methyl sites for hydroxylation is 1. The third-order valence-electron chi connectivity index (χ3n) is 2.59. The Kier molecular flexibility index (Phi) is 3.45. The zero-order valence-corrected chi connectivity index (χ0v) is 10.3. The van der Waals surface area contributed by atoms with E-state index < -0.39 is 17.8 Å². The zero-order chi connectivity index (χ0) is 13.3. The Morgan fingerprint density at radius 1 is 1.11 bits per heavy atom. The second-order valence-corrected chi connectivity index (χ2v) is 5.26. The van der Waals surface area contributed by atoms with Crippen LogP contribution >= 0.6 is 11.3 Å². The van der Waals surface area contributed by atoms with Crippen molar-refractivity contribution in [3.05, 3.63) is 57.3 Å². The average molecular weight is 272 g/mol. The van der Waals surface area contributed by atoms with E-state index in [1.54, 1.807) is 12.1 Å². The van der Waals surface area contributed by atoms with E-state index in [0.29, 0.717) is 4.88 Å². The quantitative estimate of drug-likeness (QED) is 0.870. The lowest BCUT2D eigenvalue weighted by Gasteiger charge is -2.16.